The largest absolute Gasteiger partial charge is 0.429 e. The van der Waals surface area contributed by atoms with Crippen LogP contribution in [0.5, 0.6) is 5.75 Å². The third-order valence-electron chi connectivity index (χ3n) is 5.29. The number of alkyl halides is 2. The fraction of sp³-hybridized carbons (Fsp3) is 0.0769. The first-order chi connectivity index (χ1) is 16.5. The van der Waals surface area contributed by atoms with Crippen LogP contribution in [0.25, 0.3) is 22.3 Å². The molecule has 0 saturated carbocycles. The lowest BCUT2D eigenvalue weighted by molar-refractivity contribution is -0.185. The van der Waals surface area contributed by atoms with Crippen LogP contribution in [0.15, 0.2) is 66.7 Å². The highest BCUT2D eigenvalue weighted by Gasteiger charge is 2.35. The van der Waals surface area contributed by atoms with Gasteiger partial charge in [0.2, 0.25) is 0 Å². The molecular weight excluding hydrogens is 480 g/mol. The van der Waals surface area contributed by atoms with Gasteiger partial charge in [0.25, 0.3) is 0 Å². The van der Waals surface area contributed by atoms with E-state index in [1.165, 1.54) is 31.2 Å². The summed E-state index contributed by atoms with van der Waals surface area (Å²) >= 11 is 0. The smallest absolute Gasteiger partial charge is 0.426 e. The predicted molar refractivity (Wildman–Crippen MR) is 113 cm³/mol. The number of hydrogen-bond donors (Lipinski definition) is 0. The minimum Gasteiger partial charge on any atom is -0.429 e. The van der Waals surface area contributed by atoms with E-state index >= 15 is 0 Å². The van der Waals surface area contributed by atoms with E-state index < -0.39 is 52.3 Å². The van der Waals surface area contributed by atoms with Crippen LogP contribution in [-0.2, 0) is 6.11 Å². The molecule has 0 aromatic heterocycles. The Hall–Kier alpha value is -3.88. The normalized spacial score (nSPS) is 11.6. The zero-order chi connectivity index (χ0) is 25.5. The molecular formula is C26H14F8O. The van der Waals surface area contributed by atoms with Crippen molar-refractivity contribution in [2.45, 2.75) is 13.0 Å². The third kappa shape index (κ3) is 4.71. The van der Waals surface area contributed by atoms with Crippen molar-refractivity contribution in [2.24, 2.45) is 0 Å². The maximum absolute atomic E-state index is 14.8. The van der Waals surface area contributed by atoms with E-state index in [1.807, 2.05) is 0 Å². The van der Waals surface area contributed by atoms with Crippen LogP contribution in [0, 0.1) is 41.8 Å². The minimum atomic E-state index is -4.05. The summed E-state index contributed by atoms with van der Waals surface area (Å²) in [6.07, 6.45) is -4.05. The van der Waals surface area contributed by atoms with Gasteiger partial charge < -0.3 is 4.74 Å². The Morgan fingerprint density at radius 3 is 1.74 bits per heavy atom. The molecule has 0 amide bonds. The van der Waals surface area contributed by atoms with E-state index in [-0.39, 0.29) is 39.9 Å². The van der Waals surface area contributed by atoms with Gasteiger partial charge in [-0.25, -0.2) is 26.3 Å². The van der Waals surface area contributed by atoms with Crippen molar-refractivity contribution in [1.29, 1.82) is 0 Å². The Bertz CT molecular complexity index is 1390. The number of rotatable bonds is 5. The molecule has 0 bridgehead atoms. The molecule has 35 heavy (non-hydrogen) atoms. The van der Waals surface area contributed by atoms with Gasteiger partial charge in [-0.15, -0.1) is 0 Å². The lowest BCUT2D eigenvalue weighted by Crippen LogP contribution is -2.22. The fourth-order valence-corrected chi connectivity index (χ4v) is 3.43. The first-order valence-corrected chi connectivity index (χ1v) is 10.0. The first-order valence-electron chi connectivity index (χ1n) is 10.0. The molecule has 9 heteroatoms. The molecule has 0 unspecified atom stereocenters. The molecule has 4 aromatic carbocycles. The van der Waals surface area contributed by atoms with Gasteiger partial charge in [-0.05, 0) is 41.8 Å². The van der Waals surface area contributed by atoms with Crippen LogP contribution in [0.3, 0.4) is 0 Å². The van der Waals surface area contributed by atoms with Crippen molar-refractivity contribution in [1.82, 2.24) is 0 Å². The molecule has 0 atom stereocenters. The summed E-state index contributed by atoms with van der Waals surface area (Å²) in [5.41, 5.74) is -0.500. The first kappa shape index (κ1) is 24.3. The number of aryl methyl sites for hydroxylation is 1. The molecule has 0 radical (unpaired) electrons. The number of halogens is 8. The van der Waals surface area contributed by atoms with Crippen molar-refractivity contribution in [2.75, 3.05) is 0 Å². The average Bonchev–Trinajstić information content (AvgIpc) is 2.81. The monoisotopic (exact) mass is 494 g/mol. The van der Waals surface area contributed by atoms with E-state index in [4.69, 9.17) is 0 Å². The molecule has 0 aliphatic carbocycles. The van der Waals surface area contributed by atoms with E-state index in [0.29, 0.717) is 0 Å². The molecule has 0 spiro atoms. The summed E-state index contributed by atoms with van der Waals surface area (Å²) in [5, 5.41) is 0. The van der Waals surface area contributed by atoms with Gasteiger partial charge in [0.05, 0.1) is 5.56 Å². The Labute approximate surface area is 194 Å². The van der Waals surface area contributed by atoms with Crippen molar-refractivity contribution in [3.63, 3.8) is 0 Å². The zero-order valence-electron chi connectivity index (χ0n) is 17.8. The second-order valence-corrected chi connectivity index (χ2v) is 7.65. The molecule has 4 rings (SSSR count). The Morgan fingerprint density at radius 2 is 1.14 bits per heavy atom. The van der Waals surface area contributed by atoms with Crippen LogP contribution in [-0.4, -0.2) is 0 Å². The molecule has 0 aliphatic rings. The van der Waals surface area contributed by atoms with E-state index in [9.17, 15) is 35.1 Å². The molecule has 180 valence electrons. The summed E-state index contributed by atoms with van der Waals surface area (Å²) < 4.78 is 116. The molecule has 1 nitrogen and oxygen atoms in total. The summed E-state index contributed by atoms with van der Waals surface area (Å²) in [4.78, 5) is 0. The standard InChI is InChI=1S/C26H14F8O/c1-13-2-8-19(24(31)23(13)30)15-5-9-18(20(27)10-15)14-3-6-16(7-4-14)26(33,34)35-17-11-21(28)25(32)22(29)12-17/h2-12H,1H3. The average molecular weight is 494 g/mol. The van der Waals surface area contributed by atoms with E-state index in [1.54, 1.807) is 0 Å². The van der Waals surface area contributed by atoms with Gasteiger partial charge in [-0.2, -0.15) is 8.78 Å². The lowest BCUT2D eigenvalue weighted by atomic mass is 9.98. The third-order valence-corrected chi connectivity index (χ3v) is 5.29. The summed E-state index contributed by atoms with van der Waals surface area (Å²) in [7, 11) is 0. The number of benzene rings is 4. The van der Waals surface area contributed by atoms with Crippen molar-refractivity contribution in [3.8, 4) is 28.0 Å². The highest BCUT2D eigenvalue weighted by Crippen LogP contribution is 2.35. The maximum atomic E-state index is 14.8. The topological polar surface area (TPSA) is 9.23 Å². The van der Waals surface area contributed by atoms with Crippen LogP contribution >= 0.6 is 0 Å². The molecule has 0 N–H and O–H groups in total. The minimum absolute atomic E-state index is 0.000188. The van der Waals surface area contributed by atoms with Crippen molar-refractivity contribution < 1.29 is 39.9 Å². The lowest BCUT2D eigenvalue weighted by Gasteiger charge is -2.19. The highest BCUT2D eigenvalue weighted by molar-refractivity contribution is 5.71. The SMILES string of the molecule is Cc1ccc(-c2ccc(-c3ccc(C(F)(F)Oc4cc(F)c(F)c(F)c4)cc3)c(F)c2)c(F)c1F. The Kier molecular flexibility index (Phi) is 6.27. The maximum Gasteiger partial charge on any atom is 0.426 e. The van der Waals surface area contributed by atoms with Crippen LogP contribution in [0.2, 0.25) is 0 Å². The van der Waals surface area contributed by atoms with E-state index in [2.05, 4.69) is 4.74 Å². The number of ether oxygens (including phenoxy) is 1. The van der Waals surface area contributed by atoms with Crippen molar-refractivity contribution in [3.05, 3.63) is 113 Å². The predicted octanol–water partition coefficient (Wildman–Crippen LogP) is 8.29. The van der Waals surface area contributed by atoms with Gasteiger partial charge in [-0.1, -0.05) is 36.4 Å². The van der Waals surface area contributed by atoms with Crippen LogP contribution in [0.1, 0.15) is 11.1 Å². The van der Waals surface area contributed by atoms with E-state index in [0.717, 1.165) is 30.3 Å². The van der Waals surface area contributed by atoms with Crippen LogP contribution in [0.4, 0.5) is 35.1 Å². The van der Waals surface area contributed by atoms with Crippen LogP contribution < -0.4 is 4.74 Å². The summed E-state index contributed by atoms with van der Waals surface area (Å²) in [6.45, 7) is 1.39. The van der Waals surface area contributed by atoms with Crippen molar-refractivity contribution >= 4 is 0 Å². The molecule has 0 fully saturated rings. The molecule has 0 saturated heterocycles. The Balaban J connectivity index is 1.59. The quantitative estimate of drug-likeness (QED) is 0.200. The second kappa shape index (κ2) is 9.05. The fourth-order valence-electron chi connectivity index (χ4n) is 3.43. The van der Waals surface area contributed by atoms with Gasteiger partial charge in [0.1, 0.15) is 11.6 Å². The number of hydrogen-bond acceptors (Lipinski definition) is 1. The summed E-state index contributed by atoms with van der Waals surface area (Å²) in [5.74, 6) is -9.13. The molecule has 4 aromatic rings. The summed E-state index contributed by atoms with van der Waals surface area (Å²) in [6, 6.07) is 11.0. The molecule has 0 heterocycles. The van der Waals surface area contributed by atoms with Gasteiger partial charge in [-0.3, -0.25) is 0 Å². The van der Waals surface area contributed by atoms with Gasteiger partial charge in [0, 0.05) is 23.3 Å². The van der Waals surface area contributed by atoms with Gasteiger partial charge >= 0.3 is 6.11 Å². The Morgan fingerprint density at radius 1 is 0.571 bits per heavy atom. The highest BCUT2D eigenvalue weighted by atomic mass is 19.3. The second-order valence-electron chi connectivity index (χ2n) is 7.65. The van der Waals surface area contributed by atoms with Gasteiger partial charge in [0.15, 0.2) is 29.1 Å². The zero-order valence-corrected chi connectivity index (χ0v) is 17.8. The molecule has 0 aliphatic heterocycles.